The van der Waals surface area contributed by atoms with Crippen molar-refractivity contribution in [3.05, 3.63) is 28.8 Å². The quantitative estimate of drug-likeness (QED) is 0.824. The third-order valence-corrected chi connectivity index (χ3v) is 4.27. The van der Waals surface area contributed by atoms with Gasteiger partial charge in [-0.1, -0.05) is 38.4 Å². The second kappa shape index (κ2) is 5.60. The van der Waals surface area contributed by atoms with Crippen LogP contribution in [0.25, 0.3) is 0 Å². The third-order valence-electron chi connectivity index (χ3n) is 2.44. The van der Waals surface area contributed by atoms with Gasteiger partial charge in [-0.15, -0.1) is 11.8 Å². The van der Waals surface area contributed by atoms with Gasteiger partial charge in [0.15, 0.2) is 0 Å². The molecule has 0 heterocycles. The number of carboxylic acids is 1. The number of hydrogen-bond acceptors (Lipinski definition) is 2. The van der Waals surface area contributed by atoms with Gasteiger partial charge >= 0.3 is 5.97 Å². The molecule has 0 fully saturated rings. The van der Waals surface area contributed by atoms with Gasteiger partial charge in [0.25, 0.3) is 0 Å². The molecule has 0 radical (unpaired) electrons. The molecule has 1 aromatic carbocycles. The fraction of sp³-hybridized carbons (Fsp3) is 0.417. The molecule has 1 unspecified atom stereocenters. The Labute approximate surface area is 105 Å². The lowest BCUT2D eigenvalue weighted by Crippen LogP contribution is -2.08. The highest BCUT2D eigenvalue weighted by atomic mass is 35.5. The Balaban J connectivity index is 3.04. The average Bonchev–Trinajstić information content (AvgIpc) is 2.16. The molecule has 0 aromatic heterocycles. The van der Waals surface area contributed by atoms with Gasteiger partial charge in [0.05, 0.1) is 10.6 Å². The number of aromatic carboxylic acids is 1. The van der Waals surface area contributed by atoms with Gasteiger partial charge in [-0.05, 0) is 18.1 Å². The lowest BCUT2D eigenvalue weighted by molar-refractivity contribution is 0.0693. The summed E-state index contributed by atoms with van der Waals surface area (Å²) in [6, 6.07) is 5.19. The minimum Gasteiger partial charge on any atom is -0.478 e. The number of carbonyl (C=O) groups is 1. The van der Waals surface area contributed by atoms with Gasteiger partial charge in [0, 0.05) is 10.1 Å². The summed E-state index contributed by atoms with van der Waals surface area (Å²) >= 11 is 7.45. The summed E-state index contributed by atoms with van der Waals surface area (Å²) in [6.45, 7) is 6.31. The summed E-state index contributed by atoms with van der Waals surface area (Å²) < 4.78 is 0. The van der Waals surface area contributed by atoms with Crippen LogP contribution < -0.4 is 0 Å². The van der Waals surface area contributed by atoms with Crippen LogP contribution >= 0.6 is 23.4 Å². The van der Waals surface area contributed by atoms with Crippen molar-refractivity contribution < 1.29 is 9.90 Å². The van der Waals surface area contributed by atoms with Gasteiger partial charge < -0.3 is 5.11 Å². The SMILES string of the molecule is CC(C)C(C)Sc1cccc(Cl)c1C(=O)O. The van der Waals surface area contributed by atoms with Crippen LogP contribution in [0.15, 0.2) is 23.1 Å². The summed E-state index contributed by atoms with van der Waals surface area (Å²) in [5.74, 6) is -0.477. The first kappa shape index (κ1) is 13.4. The molecular formula is C12H15ClO2S. The molecule has 0 bridgehead atoms. The van der Waals surface area contributed by atoms with Crippen molar-refractivity contribution in [1.29, 1.82) is 0 Å². The molecule has 0 aliphatic rings. The Bertz CT molecular complexity index is 391. The topological polar surface area (TPSA) is 37.3 Å². The van der Waals surface area contributed by atoms with E-state index in [2.05, 4.69) is 20.8 Å². The van der Waals surface area contributed by atoms with Crippen LogP contribution in [0.5, 0.6) is 0 Å². The second-order valence-electron chi connectivity index (χ2n) is 3.99. The van der Waals surface area contributed by atoms with Crippen molar-refractivity contribution in [3.8, 4) is 0 Å². The zero-order valence-electron chi connectivity index (χ0n) is 9.53. The maximum atomic E-state index is 11.1. The molecule has 1 atom stereocenters. The molecule has 4 heteroatoms. The number of thioether (sulfide) groups is 1. The van der Waals surface area contributed by atoms with Crippen LogP contribution in [-0.2, 0) is 0 Å². The predicted molar refractivity (Wildman–Crippen MR) is 68.6 cm³/mol. The fourth-order valence-corrected chi connectivity index (χ4v) is 2.60. The predicted octanol–water partition coefficient (Wildman–Crippen LogP) is 4.17. The molecule has 16 heavy (non-hydrogen) atoms. The molecule has 1 N–H and O–H groups in total. The summed E-state index contributed by atoms with van der Waals surface area (Å²) in [5.41, 5.74) is 0.210. The lowest BCUT2D eigenvalue weighted by Gasteiger charge is -2.16. The lowest BCUT2D eigenvalue weighted by atomic mass is 10.2. The number of carboxylic acid groups (broad SMARTS) is 1. The van der Waals surface area contributed by atoms with Crippen LogP contribution in [0.4, 0.5) is 0 Å². The summed E-state index contributed by atoms with van der Waals surface area (Å²) in [7, 11) is 0. The minimum atomic E-state index is -0.968. The van der Waals surface area contributed by atoms with E-state index < -0.39 is 5.97 Å². The van der Waals surface area contributed by atoms with Gasteiger partial charge in [-0.2, -0.15) is 0 Å². The Morgan fingerprint density at radius 2 is 2.00 bits per heavy atom. The Kier molecular flexibility index (Phi) is 4.69. The molecule has 0 amide bonds. The van der Waals surface area contributed by atoms with E-state index in [1.54, 1.807) is 30.0 Å². The van der Waals surface area contributed by atoms with E-state index in [9.17, 15) is 4.79 Å². The molecule has 0 saturated carbocycles. The van der Waals surface area contributed by atoms with Crippen molar-refractivity contribution in [1.82, 2.24) is 0 Å². The van der Waals surface area contributed by atoms with Crippen molar-refractivity contribution in [2.45, 2.75) is 30.9 Å². The normalized spacial score (nSPS) is 12.8. The highest BCUT2D eigenvalue weighted by Crippen LogP contribution is 2.33. The molecule has 0 spiro atoms. The highest BCUT2D eigenvalue weighted by molar-refractivity contribution is 8.00. The average molecular weight is 259 g/mol. The molecule has 0 saturated heterocycles. The van der Waals surface area contributed by atoms with E-state index in [4.69, 9.17) is 16.7 Å². The molecule has 0 aliphatic heterocycles. The van der Waals surface area contributed by atoms with Crippen molar-refractivity contribution >= 4 is 29.3 Å². The number of hydrogen-bond donors (Lipinski definition) is 1. The third kappa shape index (κ3) is 3.16. The molecule has 2 nitrogen and oxygen atoms in total. The first-order chi connectivity index (χ1) is 7.43. The zero-order valence-corrected chi connectivity index (χ0v) is 11.1. The maximum Gasteiger partial charge on any atom is 0.338 e. The molecule has 88 valence electrons. The van der Waals surface area contributed by atoms with Gasteiger partial charge in [0.1, 0.15) is 0 Å². The van der Waals surface area contributed by atoms with Gasteiger partial charge in [0.2, 0.25) is 0 Å². The van der Waals surface area contributed by atoms with E-state index >= 15 is 0 Å². The van der Waals surface area contributed by atoms with Gasteiger partial charge in [-0.25, -0.2) is 4.79 Å². The van der Waals surface area contributed by atoms with E-state index in [1.807, 2.05) is 0 Å². The van der Waals surface area contributed by atoms with E-state index in [-0.39, 0.29) is 5.56 Å². The van der Waals surface area contributed by atoms with Crippen LogP contribution in [-0.4, -0.2) is 16.3 Å². The van der Waals surface area contributed by atoms with E-state index in [0.717, 1.165) is 4.90 Å². The van der Waals surface area contributed by atoms with Gasteiger partial charge in [-0.3, -0.25) is 0 Å². The maximum absolute atomic E-state index is 11.1. The zero-order chi connectivity index (χ0) is 12.3. The molecule has 0 aliphatic carbocycles. The summed E-state index contributed by atoms with van der Waals surface area (Å²) in [5, 5.41) is 9.76. The Morgan fingerprint density at radius 3 is 2.50 bits per heavy atom. The first-order valence-electron chi connectivity index (χ1n) is 5.12. The smallest absolute Gasteiger partial charge is 0.338 e. The standard InChI is InChI=1S/C12H15ClO2S/c1-7(2)8(3)16-10-6-4-5-9(13)11(10)12(14)15/h4-8H,1-3H3,(H,14,15). The first-order valence-corrected chi connectivity index (χ1v) is 6.37. The van der Waals surface area contributed by atoms with E-state index in [0.29, 0.717) is 16.2 Å². The Morgan fingerprint density at radius 1 is 1.38 bits per heavy atom. The summed E-state index contributed by atoms with van der Waals surface area (Å²) in [6.07, 6.45) is 0. The van der Waals surface area contributed by atoms with Crippen LogP contribution in [0, 0.1) is 5.92 Å². The monoisotopic (exact) mass is 258 g/mol. The molecule has 1 aromatic rings. The Hall–Kier alpha value is -0.670. The summed E-state index contributed by atoms with van der Waals surface area (Å²) in [4.78, 5) is 11.8. The second-order valence-corrected chi connectivity index (χ2v) is 5.81. The molecule has 1 rings (SSSR count). The number of benzene rings is 1. The van der Waals surface area contributed by atoms with Crippen molar-refractivity contribution in [2.75, 3.05) is 0 Å². The number of halogens is 1. The minimum absolute atomic E-state index is 0.210. The van der Waals surface area contributed by atoms with Crippen LogP contribution in [0.3, 0.4) is 0 Å². The number of rotatable bonds is 4. The van der Waals surface area contributed by atoms with Crippen molar-refractivity contribution in [2.24, 2.45) is 5.92 Å². The fourth-order valence-electron chi connectivity index (χ4n) is 1.15. The van der Waals surface area contributed by atoms with Crippen LogP contribution in [0.1, 0.15) is 31.1 Å². The van der Waals surface area contributed by atoms with Crippen molar-refractivity contribution in [3.63, 3.8) is 0 Å². The largest absolute Gasteiger partial charge is 0.478 e. The van der Waals surface area contributed by atoms with Crippen LogP contribution in [0.2, 0.25) is 5.02 Å². The van der Waals surface area contributed by atoms with E-state index in [1.165, 1.54) is 0 Å². The molecular weight excluding hydrogens is 244 g/mol. The highest BCUT2D eigenvalue weighted by Gasteiger charge is 2.17.